The van der Waals surface area contributed by atoms with Crippen LogP contribution in [0.5, 0.6) is 0 Å². The molecular formula is C67H114O6. The van der Waals surface area contributed by atoms with E-state index < -0.39 is 6.10 Å². The van der Waals surface area contributed by atoms with Crippen LogP contribution in [0.3, 0.4) is 0 Å². The molecule has 0 fully saturated rings. The first-order valence-corrected chi connectivity index (χ1v) is 30.7. The molecule has 0 rings (SSSR count). The van der Waals surface area contributed by atoms with Gasteiger partial charge in [0, 0.05) is 19.3 Å². The summed E-state index contributed by atoms with van der Waals surface area (Å²) in [6, 6.07) is 0. The van der Waals surface area contributed by atoms with Crippen LogP contribution >= 0.6 is 0 Å². The largest absolute Gasteiger partial charge is 0.462 e. The van der Waals surface area contributed by atoms with E-state index in [0.717, 1.165) is 141 Å². The average Bonchev–Trinajstić information content (AvgIpc) is 3.39. The number of hydrogen-bond acceptors (Lipinski definition) is 6. The van der Waals surface area contributed by atoms with Crippen molar-refractivity contribution in [1.29, 1.82) is 0 Å². The van der Waals surface area contributed by atoms with Gasteiger partial charge >= 0.3 is 17.9 Å². The first-order chi connectivity index (χ1) is 36.0. The molecule has 0 aliphatic rings. The van der Waals surface area contributed by atoms with Crippen molar-refractivity contribution in [3.63, 3.8) is 0 Å². The fraction of sp³-hybridized carbons (Fsp3) is 0.716. The van der Waals surface area contributed by atoms with Crippen LogP contribution in [0.15, 0.2) is 97.2 Å². The second-order valence-electron chi connectivity index (χ2n) is 20.2. The number of carbonyl (C=O) groups excluding carboxylic acids is 3. The van der Waals surface area contributed by atoms with Gasteiger partial charge in [0.05, 0.1) is 0 Å². The maximum absolute atomic E-state index is 12.9. The van der Waals surface area contributed by atoms with Crippen molar-refractivity contribution in [3.8, 4) is 0 Å². The summed E-state index contributed by atoms with van der Waals surface area (Å²) in [4.78, 5) is 38.2. The molecule has 0 heterocycles. The normalized spacial score (nSPS) is 12.8. The molecular weight excluding hydrogens is 901 g/mol. The molecule has 1 unspecified atom stereocenters. The van der Waals surface area contributed by atoms with Crippen LogP contribution < -0.4 is 0 Å². The van der Waals surface area contributed by atoms with Crippen molar-refractivity contribution in [3.05, 3.63) is 97.2 Å². The van der Waals surface area contributed by atoms with Crippen LogP contribution in [0.1, 0.15) is 290 Å². The quantitative estimate of drug-likeness (QED) is 0.0261. The number of allylic oxidation sites excluding steroid dienone is 16. The molecule has 0 aromatic rings. The maximum Gasteiger partial charge on any atom is 0.306 e. The van der Waals surface area contributed by atoms with Crippen LogP contribution in [0, 0.1) is 0 Å². The molecule has 0 saturated heterocycles. The fourth-order valence-corrected chi connectivity index (χ4v) is 8.48. The summed E-state index contributed by atoms with van der Waals surface area (Å²) in [5.41, 5.74) is 0. The zero-order chi connectivity index (χ0) is 52.9. The summed E-state index contributed by atoms with van der Waals surface area (Å²) in [6.07, 6.45) is 81.2. The van der Waals surface area contributed by atoms with Gasteiger partial charge in [-0.15, -0.1) is 0 Å². The third kappa shape index (κ3) is 59.1. The van der Waals surface area contributed by atoms with Crippen LogP contribution in [0.2, 0.25) is 0 Å². The minimum atomic E-state index is -0.789. The Balaban J connectivity index is 4.36. The molecule has 0 saturated carbocycles. The van der Waals surface area contributed by atoms with E-state index in [2.05, 4.69) is 118 Å². The Hall–Kier alpha value is -3.67. The van der Waals surface area contributed by atoms with Crippen LogP contribution in [0.4, 0.5) is 0 Å². The lowest BCUT2D eigenvalue weighted by Crippen LogP contribution is -2.30. The van der Waals surface area contributed by atoms with Crippen molar-refractivity contribution < 1.29 is 28.6 Å². The molecule has 0 amide bonds. The Labute approximate surface area is 451 Å². The molecule has 0 N–H and O–H groups in total. The molecule has 418 valence electrons. The van der Waals surface area contributed by atoms with Gasteiger partial charge in [-0.05, 0) is 96.3 Å². The van der Waals surface area contributed by atoms with Crippen molar-refractivity contribution >= 4 is 17.9 Å². The van der Waals surface area contributed by atoms with Gasteiger partial charge in [0.15, 0.2) is 6.10 Å². The van der Waals surface area contributed by atoms with Crippen LogP contribution in [-0.2, 0) is 28.6 Å². The number of hydrogen-bond donors (Lipinski definition) is 0. The van der Waals surface area contributed by atoms with Gasteiger partial charge in [0.1, 0.15) is 13.2 Å². The molecule has 0 aliphatic carbocycles. The van der Waals surface area contributed by atoms with E-state index in [1.807, 2.05) is 0 Å². The second-order valence-corrected chi connectivity index (χ2v) is 20.2. The van der Waals surface area contributed by atoms with Crippen molar-refractivity contribution in [2.75, 3.05) is 13.2 Å². The summed E-state index contributed by atoms with van der Waals surface area (Å²) >= 11 is 0. The smallest absolute Gasteiger partial charge is 0.306 e. The lowest BCUT2D eigenvalue weighted by molar-refractivity contribution is -0.167. The monoisotopic (exact) mass is 1010 g/mol. The molecule has 0 radical (unpaired) electrons. The van der Waals surface area contributed by atoms with Gasteiger partial charge in [0.25, 0.3) is 0 Å². The van der Waals surface area contributed by atoms with E-state index in [1.165, 1.54) is 109 Å². The van der Waals surface area contributed by atoms with Crippen molar-refractivity contribution in [2.45, 2.75) is 297 Å². The minimum Gasteiger partial charge on any atom is -0.462 e. The van der Waals surface area contributed by atoms with E-state index in [4.69, 9.17) is 14.2 Å². The Bertz CT molecular complexity index is 1440. The van der Waals surface area contributed by atoms with Crippen LogP contribution in [0.25, 0.3) is 0 Å². The molecule has 6 nitrogen and oxygen atoms in total. The fourth-order valence-electron chi connectivity index (χ4n) is 8.48. The van der Waals surface area contributed by atoms with Gasteiger partial charge in [-0.3, -0.25) is 14.4 Å². The number of ether oxygens (including phenoxy) is 3. The lowest BCUT2D eigenvalue weighted by Gasteiger charge is -2.18. The molecule has 0 aromatic heterocycles. The highest BCUT2D eigenvalue weighted by atomic mass is 16.6. The predicted molar refractivity (Wildman–Crippen MR) is 316 cm³/mol. The van der Waals surface area contributed by atoms with E-state index in [-0.39, 0.29) is 31.1 Å². The zero-order valence-corrected chi connectivity index (χ0v) is 47.9. The van der Waals surface area contributed by atoms with Gasteiger partial charge < -0.3 is 14.2 Å². The minimum absolute atomic E-state index is 0.0879. The van der Waals surface area contributed by atoms with Gasteiger partial charge in [-0.1, -0.05) is 272 Å². The molecule has 0 bridgehead atoms. The SMILES string of the molecule is CC/C=C\C/C=C\C/C=C\C/C=C\C/C=C\C/C=C\CCCCCCCCC(=O)OCC(COC(=O)CCCCCCC/C=C\C/C=C\CCC)OC(=O)CCCCCCCCCCCCCCCCCCC. The van der Waals surface area contributed by atoms with Gasteiger partial charge in [-0.2, -0.15) is 0 Å². The average molecular weight is 1020 g/mol. The molecule has 1 atom stereocenters. The van der Waals surface area contributed by atoms with E-state index in [1.54, 1.807) is 0 Å². The second kappa shape index (κ2) is 60.9. The van der Waals surface area contributed by atoms with E-state index in [9.17, 15) is 14.4 Å². The highest BCUT2D eigenvalue weighted by Gasteiger charge is 2.19. The molecule has 6 heteroatoms. The number of esters is 3. The Kier molecular flexibility index (Phi) is 57.8. The highest BCUT2D eigenvalue weighted by Crippen LogP contribution is 2.16. The third-order valence-electron chi connectivity index (χ3n) is 13.1. The Morgan fingerprint density at radius 3 is 0.890 bits per heavy atom. The number of unbranched alkanes of at least 4 members (excludes halogenated alkanes) is 28. The summed E-state index contributed by atoms with van der Waals surface area (Å²) < 4.78 is 16.9. The Morgan fingerprint density at radius 1 is 0.288 bits per heavy atom. The summed E-state index contributed by atoms with van der Waals surface area (Å²) in [5, 5.41) is 0. The first-order valence-electron chi connectivity index (χ1n) is 30.7. The molecule has 73 heavy (non-hydrogen) atoms. The van der Waals surface area contributed by atoms with E-state index >= 15 is 0 Å². The summed E-state index contributed by atoms with van der Waals surface area (Å²) in [7, 11) is 0. The number of carbonyl (C=O) groups is 3. The topological polar surface area (TPSA) is 78.9 Å². The van der Waals surface area contributed by atoms with Crippen LogP contribution in [-0.4, -0.2) is 37.2 Å². The first kappa shape index (κ1) is 69.3. The van der Waals surface area contributed by atoms with E-state index in [0.29, 0.717) is 19.3 Å². The standard InChI is InChI=1S/C67H114O6/c1-4-7-10-13-16-19-22-25-27-29-30-31-32-33-34-35-36-38-39-42-45-48-51-54-57-60-66(69)72-63-64(62-71-65(68)59-56-53-50-47-44-41-24-21-18-15-12-9-6-3)73-67(70)61-58-55-52-49-46-43-40-37-28-26-23-20-17-14-11-8-5-2/h7,10,12,15-16,19,21,24-25,27,30-31,33-34,36,38,64H,4-6,8-9,11,13-14,17-18,20,22-23,26,28-29,32,35,37,39-63H2,1-3H3/b10-7-,15-12-,19-16-,24-21-,27-25-,31-30-,34-33-,38-36-. The van der Waals surface area contributed by atoms with Gasteiger partial charge in [0.2, 0.25) is 0 Å². The van der Waals surface area contributed by atoms with Gasteiger partial charge in [-0.25, -0.2) is 0 Å². The van der Waals surface area contributed by atoms with Crippen molar-refractivity contribution in [1.82, 2.24) is 0 Å². The lowest BCUT2D eigenvalue weighted by atomic mass is 10.0. The predicted octanol–water partition coefficient (Wildman–Crippen LogP) is 20.9. The Morgan fingerprint density at radius 2 is 0.562 bits per heavy atom. The van der Waals surface area contributed by atoms with Crippen molar-refractivity contribution in [2.24, 2.45) is 0 Å². The maximum atomic E-state index is 12.9. The highest BCUT2D eigenvalue weighted by molar-refractivity contribution is 5.71. The summed E-state index contributed by atoms with van der Waals surface area (Å²) in [5.74, 6) is -0.906. The molecule has 0 spiro atoms. The number of rotatable bonds is 55. The molecule has 0 aromatic carbocycles. The zero-order valence-electron chi connectivity index (χ0n) is 47.9. The summed E-state index contributed by atoms with van der Waals surface area (Å²) in [6.45, 7) is 6.46. The molecule has 0 aliphatic heterocycles. The third-order valence-corrected chi connectivity index (χ3v) is 13.1.